The monoisotopic (exact) mass is 290 g/mol. The van der Waals surface area contributed by atoms with E-state index in [2.05, 4.69) is 5.32 Å². The van der Waals surface area contributed by atoms with Gasteiger partial charge < -0.3 is 15.0 Å². The van der Waals surface area contributed by atoms with Gasteiger partial charge in [0.2, 0.25) is 5.91 Å². The molecule has 1 aliphatic rings. The zero-order valence-corrected chi connectivity index (χ0v) is 12.8. The number of carbonyl (C=O) groups is 2. The molecule has 1 aromatic rings. The molecular weight excluding hydrogens is 268 g/mol. The van der Waals surface area contributed by atoms with Crippen LogP contribution in [0.25, 0.3) is 0 Å². The van der Waals surface area contributed by atoms with E-state index < -0.39 is 0 Å². The van der Waals surface area contributed by atoms with Crippen LogP contribution in [0.4, 0.5) is 11.4 Å². The first kappa shape index (κ1) is 15.4. The number of rotatable bonds is 5. The Morgan fingerprint density at radius 2 is 2.05 bits per heavy atom. The average molecular weight is 290 g/mol. The van der Waals surface area contributed by atoms with Gasteiger partial charge in [-0.05, 0) is 38.0 Å². The number of anilines is 2. The van der Waals surface area contributed by atoms with Gasteiger partial charge in [0, 0.05) is 18.2 Å². The second-order valence-electron chi connectivity index (χ2n) is 5.11. The molecule has 0 bridgehead atoms. The molecule has 0 spiro atoms. The molecule has 5 nitrogen and oxygen atoms in total. The molecule has 2 rings (SSSR count). The predicted molar refractivity (Wildman–Crippen MR) is 82.7 cm³/mol. The van der Waals surface area contributed by atoms with E-state index in [0.29, 0.717) is 18.0 Å². The molecule has 1 aliphatic heterocycles. The van der Waals surface area contributed by atoms with Gasteiger partial charge in [0.25, 0.3) is 5.91 Å². The number of fused-ring (bicyclic) bond motifs is 1. The van der Waals surface area contributed by atoms with Gasteiger partial charge in [0.15, 0.2) is 6.61 Å². The fourth-order valence-electron chi connectivity index (χ4n) is 2.53. The second-order valence-corrected chi connectivity index (χ2v) is 5.11. The Bertz CT molecular complexity index is 538. The van der Waals surface area contributed by atoms with Gasteiger partial charge in [-0.2, -0.15) is 0 Å². The number of hydrogen-bond acceptors (Lipinski definition) is 3. The molecule has 0 unspecified atom stereocenters. The van der Waals surface area contributed by atoms with Crippen molar-refractivity contribution in [3.63, 3.8) is 0 Å². The smallest absolute Gasteiger partial charge is 0.265 e. The first-order valence-electron chi connectivity index (χ1n) is 7.48. The molecule has 0 saturated carbocycles. The standard InChI is InChI=1S/C16H22N2O3/c1-4-11(5-2)16(20)17-12-7-8-14-13(9-12)18(6-3)15(19)10-21-14/h7-9,11H,4-6,10H2,1-3H3,(H,17,20). The minimum Gasteiger partial charge on any atom is -0.482 e. The Morgan fingerprint density at radius 1 is 1.33 bits per heavy atom. The van der Waals surface area contributed by atoms with E-state index >= 15 is 0 Å². The van der Waals surface area contributed by atoms with E-state index in [-0.39, 0.29) is 24.3 Å². The summed E-state index contributed by atoms with van der Waals surface area (Å²) in [5, 5.41) is 2.92. The summed E-state index contributed by atoms with van der Waals surface area (Å²) < 4.78 is 5.41. The molecule has 1 aromatic carbocycles. The van der Waals surface area contributed by atoms with Crippen molar-refractivity contribution in [3.05, 3.63) is 18.2 Å². The van der Waals surface area contributed by atoms with Crippen LogP contribution in [-0.2, 0) is 9.59 Å². The lowest BCUT2D eigenvalue weighted by atomic mass is 10.0. The summed E-state index contributed by atoms with van der Waals surface area (Å²) in [6.07, 6.45) is 1.63. The molecule has 0 fully saturated rings. The van der Waals surface area contributed by atoms with Gasteiger partial charge in [-0.3, -0.25) is 9.59 Å². The van der Waals surface area contributed by atoms with Crippen molar-refractivity contribution in [2.45, 2.75) is 33.6 Å². The van der Waals surface area contributed by atoms with Crippen LogP contribution in [0.2, 0.25) is 0 Å². The number of nitrogens with one attached hydrogen (secondary N) is 1. The topological polar surface area (TPSA) is 58.6 Å². The number of ether oxygens (including phenoxy) is 1. The summed E-state index contributed by atoms with van der Waals surface area (Å²) in [7, 11) is 0. The Labute approximate surface area is 125 Å². The molecule has 0 aromatic heterocycles. The summed E-state index contributed by atoms with van der Waals surface area (Å²) in [6.45, 7) is 6.58. The highest BCUT2D eigenvalue weighted by Crippen LogP contribution is 2.34. The van der Waals surface area contributed by atoms with Crippen LogP contribution in [0.5, 0.6) is 5.75 Å². The maximum atomic E-state index is 12.1. The normalized spacial score (nSPS) is 13.9. The maximum absolute atomic E-state index is 12.1. The number of likely N-dealkylation sites (N-methyl/N-ethyl adjacent to an activating group) is 1. The predicted octanol–water partition coefficient (Wildman–Crippen LogP) is 2.81. The highest BCUT2D eigenvalue weighted by molar-refractivity contribution is 5.99. The first-order valence-corrected chi connectivity index (χ1v) is 7.48. The van der Waals surface area contributed by atoms with E-state index in [1.165, 1.54) is 0 Å². The molecule has 0 atom stereocenters. The molecular formula is C16H22N2O3. The third-order valence-corrected chi connectivity index (χ3v) is 3.84. The number of nitrogens with zero attached hydrogens (tertiary/aromatic N) is 1. The summed E-state index contributed by atoms with van der Waals surface area (Å²) in [5.41, 5.74) is 1.42. The van der Waals surface area contributed by atoms with Crippen LogP contribution in [-0.4, -0.2) is 25.0 Å². The van der Waals surface area contributed by atoms with Crippen LogP contribution in [0.15, 0.2) is 18.2 Å². The van der Waals surface area contributed by atoms with Crippen LogP contribution >= 0.6 is 0 Å². The summed E-state index contributed by atoms with van der Waals surface area (Å²) in [6, 6.07) is 5.41. The van der Waals surface area contributed by atoms with Gasteiger partial charge >= 0.3 is 0 Å². The molecule has 0 radical (unpaired) electrons. The minimum atomic E-state index is -0.0616. The molecule has 0 aliphatic carbocycles. The maximum Gasteiger partial charge on any atom is 0.265 e. The van der Waals surface area contributed by atoms with Gasteiger partial charge in [-0.15, -0.1) is 0 Å². The molecule has 5 heteroatoms. The quantitative estimate of drug-likeness (QED) is 0.907. The van der Waals surface area contributed by atoms with E-state index in [0.717, 1.165) is 18.5 Å². The van der Waals surface area contributed by atoms with Gasteiger partial charge in [-0.25, -0.2) is 0 Å². The molecule has 1 heterocycles. The van der Waals surface area contributed by atoms with E-state index in [1.807, 2.05) is 26.8 Å². The summed E-state index contributed by atoms with van der Waals surface area (Å²) in [4.78, 5) is 25.6. The Hall–Kier alpha value is -2.04. The first-order chi connectivity index (χ1) is 10.1. The van der Waals surface area contributed by atoms with Gasteiger partial charge in [0.05, 0.1) is 5.69 Å². The fourth-order valence-corrected chi connectivity index (χ4v) is 2.53. The fraction of sp³-hybridized carbons (Fsp3) is 0.500. The highest BCUT2D eigenvalue weighted by atomic mass is 16.5. The lowest BCUT2D eigenvalue weighted by molar-refractivity contribution is -0.121. The lowest BCUT2D eigenvalue weighted by Gasteiger charge is -2.28. The van der Waals surface area contributed by atoms with E-state index in [1.54, 1.807) is 17.0 Å². The number of hydrogen-bond donors (Lipinski definition) is 1. The van der Waals surface area contributed by atoms with E-state index in [9.17, 15) is 9.59 Å². The van der Waals surface area contributed by atoms with Crippen molar-refractivity contribution < 1.29 is 14.3 Å². The molecule has 1 N–H and O–H groups in total. The zero-order chi connectivity index (χ0) is 15.4. The summed E-state index contributed by atoms with van der Waals surface area (Å²) >= 11 is 0. The van der Waals surface area contributed by atoms with Crippen molar-refractivity contribution in [2.75, 3.05) is 23.4 Å². The second kappa shape index (κ2) is 6.61. The average Bonchev–Trinajstić information content (AvgIpc) is 2.48. The SMILES string of the molecule is CCC(CC)C(=O)Nc1ccc2c(c1)N(CC)C(=O)CO2. The largest absolute Gasteiger partial charge is 0.482 e. The highest BCUT2D eigenvalue weighted by Gasteiger charge is 2.24. The van der Waals surface area contributed by atoms with Gasteiger partial charge in [-0.1, -0.05) is 13.8 Å². The number of carbonyl (C=O) groups excluding carboxylic acids is 2. The summed E-state index contributed by atoms with van der Waals surface area (Å²) in [5.74, 6) is 0.651. The van der Waals surface area contributed by atoms with E-state index in [4.69, 9.17) is 4.74 Å². The minimum absolute atomic E-state index is 0.0150. The van der Waals surface area contributed by atoms with Crippen molar-refractivity contribution in [2.24, 2.45) is 5.92 Å². The Balaban J connectivity index is 2.22. The van der Waals surface area contributed by atoms with Crippen LogP contribution < -0.4 is 15.0 Å². The van der Waals surface area contributed by atoms with Gasteiger partial charge in [0.1, 0.15) is 5.75 Å². The number of amides is 2. The van der Waals surface area contributed by atoms with Crippen LogP contribution in [0.3, 0.4) is 0 Å². The van der Waals surface area contributed by atoms with Crippen molar-refractivity contribution in [1.29, 1.82) is 0 Å². The van der Waals surface area contributed by atoms with Crippen molar-refractivity contribution >= 4 is 23.2 Å². The van der Waals surface area contributed by atoms with Crippen LogP contribution in [0, 0.1) is 5.92 Å². The molecule has 0 saturated heterocycles. The third-order valence-electron chi connectivity index (χ3n) is 3.84. The molecule has 2 amide bonds. The van der Waals surface area contributed by atoms with Crippen LogP contribution in [0.1, 0.15) is 33.6 Å². The molecule has 114 valence electrons. The Kier molecular flexibility index (Phi) is 4.83. The van der Waals surface area contributed by atoms with Crippen molar-refractivity contribution in [3.8, 4) is 5.75 Å². The molecule has 21 heavy (non-hydrogen) atoms. The Morgan fingerprint density at radius 3 is 2.67 bits per heavy atom. The number of benzene rings is 1. The third kappa shape index (κ3) is 3.17. The zero-order valence-electron chi connectivity index (χ0n) is 12.8. The lowest BCUT2D eigenvalue weighted by Crippen LogP contribution is -2.38. The van der Waals surface area contributed by atoms with Crippen molar-refractivity contribution in [1.82, 2.24) is 0 Å².